The van der Waals surface area contributed by atoms with Gasteiger partial charge in [-0.15, -0.1) is 0 Å². The van der Waals surface area contributed by atoms with E-state index in [0.717, 1.165) is 72.4 Å². The number of nitrogens with zero attached hydrogens (tertiary/aromatic N) is 3. The van der Waals surface area contributed by atoms with E-state index in [9.17, 15) is 0 Å². The molecule has 3 aromatic heterocycles. The monoisotopic (exact) mass is 681 g/mol. The van der Waals surface area contributed by atoms with E-state index < -0.39 is 0 Å². The van der Waals surface area contributed by atoms with Crippen LogP contribution in [0.1, 0.15) is 5.56 Å². The molecule has 7 aromatic carbocycles. The van der Waals surface area contributed by atoms with E-state index in [1.807, 2.05) is 18.3 Å². The summed E-state index contributed by atoms with van der Waals surface area (Å²) < 4.78 is 10.9. The highest BCUT2D eigenvalue weighted by Crippen LogP contribution is 2.42. The fourth-order valence-electron chi connectivity index (χ4n) is 8.16. The van der Waals surface area contributed by atoms with Crippen molar-refractivity contribution in [1.82, 2.24) is 14.1 Å². The average molecular weight is 682 g/mol. The second-order valence-electron chi connectivity index (χ2n) is 13.7. The normalized spacial score (nSPS) is 11.6. The Balaban J connectivity index is 1.20. The number of aryl methyl sites for hydroxylation is 1. The molecule has 10 rings (SSSR count). The summed E-state index contributed by atoms with van der Waals surface area (Å²) in [6, 6.07) is 60.9. The molecule has 0 fully saturated rings. The fraction of sp³-hybridized carbons (Fsp3) is 0.0408. The lowest BCUT2D eigenvalue weighted by atomic mass is 9.93. The maximum Gasteiger partial charge on any atom is 0.134 e. The number of hydrogen-bond acceptors (Lipinski definition) is 2. The van der Waals surface area contributed by atoms with Gasteiger partial charge in [-0.3, -0.25) is 4.98 Å². The SMILES string of the molecule is COc1c(-c2ccccc2)cc(C)cc1-c1ccc(-c2cc(-n3c4ccccc4c4ccccc43)cc(-n3c4ccccc4c4ncccc43)c2)cc1. The minimum atomic E-state index is 0.880. The standard InChI is InChI=1S/C49H35N3O/c1-32-27-42(34-13-4-3-5-14-34)49(53-2)43(28-32)35-24-22-33(23-25-35)36-29-37(51-44-18-9-6-15-39(44)40-16-7-10-19-45(40)51)31-38(30-36)52-46-20-11-8-17-41(46)48-47(52)21-12-26-50-48/h3-31H,1-2H3. The Morgan fingerprint density at radius 3 is 1.55 bits per heavy atom. The molecule has 0 aliphatic carbocycles. The van der Waals surface area contributed by atoms with Gasteiger partial charge in [0.1, 0.15) is 5.75 Å². The van der Waals surface area contributed by atoms with Gasteiger partial charge in [-0.1, -0.05) is 109 Å². The van der Waals surface area contributed by atoms with E-state index in [0.29, 0.717) is 0 Å². The van der Waals surface area contributed by atoms with Crippen LogP contribution in [0.15, 0.2) is 176 Å². The number of methoxy groups -OCH3 is 1. The van der Waals surface area contributed by atoms with Gasteiger partial charge in [-0.05, 0) is 95.4 Å². The molecular weight excluding hydrogens is 647 g/mol. The predicted octanol–water partition coefficient (Wildman–Crippen LogP) is 12.6. The zero-order valence-electron chi connectivity index (χ0n) is 29.5. The first-order valence-corrected chi connectivity index (χ1v) is 18.0. The molecule has 0 unspecified atom stereocenters. The van der Waals surface area contributed by atoms with Crippen LogP contribution < -0.4 is 4.74 Å². The van der Waals surface area contributed by atoms with Gasteiger partial charge >= 0.3 is 0 Å². The first kappa shape index (κ1) is 30.9. The summed E-state index contributed by atoms with van der Waals surface area (Å²) in [6.07, 6.45) is 1.88. The molecule has 0 amide bonds. The van der Waals surface area contributed by atoms with E-state index >= 15 is 0 Å². The molecule has 252 valence electrons. The average Bonchev–Trinajstić information content (AvgIpc) is 3.74. The number of benzene rings is 7. The molecule has 10 aromatic rings. The number of ether oxygens (including phenoxy) is 1. The van der Waals surface area contributed by atoms with Gasteiger partial charge in [0.25, 0.3) is 0 Å². The zero-order valence-corrected chi connectivity index (χ0v) is 29.5. The summed E-state index contributed by atoms with van der Waals surface area (Å²) in [6.45, 7) is 2.15. The van der Waals surface area contributed by atoms with Crippen LogP contribution in [0, 0.1) is 6.92 Å². The summed E-state index contributed by atoms with van der Waals surface area (Å²) in [7, 11) is 1.76. The molecular formula is C49H35N3O. The number of rotatable bonds is 6. The molecule has 0 aliphatic heterocycles. The van der Waals surface area contributed by atoms with Crippen molar-refractivity contribution in [1.29, 1.82) is 0 Å². The van der Waals surface area contributed by atoms with Crippen LogP contribution in [0.3, 0.4) is 0 Å². The van der Waals surface area contributed by atoms with Crippen molar-refractivity contribution in [3.8, 4) is 50.5 Å². The first-order valence-electron chi connectivity index (χ1n) is 18.0. The quantitative estimate of drug-likeness (QED) is 0.175. The van der Waals surface area contributed by atoms with Crippen molar-refractivity contribution in [2.75, 3.05) is 7.11 Å². The van der Waals surface area contributed by atoms with Crippen LogP contribution >= 0.6 is 0 Å². The van der Waals surface area contributed by atoms with E-state index in [-0.39, 0.29) is 0 Å². The molecule has 4 heteroatoms. The Morgan fingerprint density at radius 1 is 0.434 bits per heavy atom. The molecule has 0 atom stereocenters. The molecule has 4 nitrogen and oxygen atoms in total. The van der Waals surface area contributed by atoms with Gasteiger partial charge < -0.3 is 13.9 Å². The number of para-hydroxylation sites is 3. The van der Waals surface area contributed by atoms with Gasteiger partial charge in [0, 0.05) is 44.9 Å². The Bertz CT molecular complexity index is 2750. The highest BCUT2D eigenvalue weighted by Gasteiger charge is 2.19. The summed E-state index contributed by atoms with van der Waals surface area (Å²) in [5.41, 5.74) is 15.6. The largest absolute Gasteiger partial charge is 0.495 e. The molecule has 0 spiro atoms. The minimum absolute atomic E-state index is 0.880. The highest BCUT2D eigenvalue weighted by molar-refractivity contribution is 6.10. The van der Waals surface area contributed by atoms with Crippen LogP contribution in [-0.4, -0.2) is 21.2 Å². The molecule has 53 heavy (non-hydrogen) atoms. The minimum Gasteiger partial charge on any atom is -0.495 e. The topological polar surface area (TPSA) is 32.0 Å². The molecule has 0 aliphatic rings. The van der Waals surface area contributed by atoms with Gasteiger partial charge in [-0.25, -0.2) is 0 Å². The van der Waals surface area contributed by atoms with Crippen molar-refractivity contribution in [3.63, 3.8) is 0 Å². The fourth-order valence-corrected chi connectivity index (χ4v) is 8.16. The number of fused-ring (bicyclic) bond motifs is 6. The van der Waals surface area contributed by atoms with Gasteiger partial charge in [-0.2, -0.15) is 0 Å². The van der Waals surface area contributed by atoms with Crippen molar-refractivity contribution in [2.45, 2.75) is 6.92 Å². The zero-order chi connectivity index (χ0) is 35.5. The third kappa shape index (κ3) is 5.02. The van der Waals surface area contributed by atoms with Crippen molar-refractivity contribution >= 4 is 43.7 Å². The maximum absolute atomic E-state index is 6.10. The molecule has 0 saturated carbocycles. The summed E-state index contributed by atoms with van der Waals surface area (Å²) in [4.78, 5) is 4.84. The number of pyridine rings is 1. The Labute approximate surface area is 307 Å². The van der Waals surface area contributed by atoms with Gasteiger partial charge in [0.05, 0.1) is 34.7 Å². The maximum atomic E-state index is 6.10. The van der Waals surface area contributed by atoms with Crippen LogP contribution in [0.2, 0.25) is 0 Å². The Kier molecular flexibility index (Phi) is 7.22. The summed E-state index contributed by atoms with van der Waals surface area (Å²) >= 11 is 0. The number of hydrogen-bond donors (Lipinski definition) is 0. The summed E-state index contributed by atoms with van der Waals surface area (Å²) in [5.74, 6) is 0.880. The number of aromatic nitrogens is 3. The van der Waals surface area contributed by atoms with Crippen molar-refractivity contribution in [2.24, 2.45) is 0 Å². The third-order valence-electron chi connectivity index (χ3n) is 10.5. The van der Waals surface area contributed by atoms with Crippen LogP contribution in [-0.2, 0) is 0 Å². The summed E-state index contributed by atoms with van der Waals surface area (Å²) in [5, 5.41) is 3.61. The Morgan fingerprint density at radius 2 is 0.925 bits per heavy atom. The van der Waals surface area contributed by atoms with E-state index in [2.05, 4.69) is 174 Å². The van der Waals surface area contributed by atoms with Crippen LogP contribution in [0.5, 0.6) is 5.75 Å². The smallest absolute Gasteiger partial charge is 0.134 e. The molecule has 3 heterocycles. The van der Waals surface area contributed by atoms with Gasteiger partial charge in [0.2, 0.25) is 0 Å². The third-order valence-corrected chi connectivity index (χ3v) is 10.5. The molecule has 0 bridgehead atoms. The Hall–Kier alpha value is -6.91. The highest BCUT2D eigenvalue weighted by atomic mass is 16.5. The lowest BCUT2D eigenvalue weighted by molar-refractivity contribution is 0.418. The molecule has 0 radical (unpaired) electrons. The second-order valence-corrected chi connectivity index (χ2v) is 13.7. The van der Waals surface area contributed by atoms with Gasteiger partial charge in [0.15, 0.2) is 0 Å². The predicted molar refractivity (Wildman–Crippen MR) is 221 cm³/mol. The lowest BCUT2D eigenvalue weighted by Crippen LogP contribution is -2.00. The van der Waals surface area contributed by atoms with E-state index in [1.165, 1.54) is 27.4 Å². The molecule has 0 N–H and O–H groups in total. The second kappa shape index (κ2) is 12.4. The lowest BCUT2D eigenvalue weighted by Gasteiger charge is -2.17. The van der Waals surface area contributed by atoms with Crippen LogP contribution in [0.4, 0.5) is 0 Å². The van der Waals surface area contributed by atoms with Crippen molar-refractivity contribution < 1.29 is 4.74 Å². The first-order chi connectivity index (χ1) is 26.2. The van der Waals surface area contributed by atoms with E-state index in [1.54, 1.807) is 7.11 Å². The van der Waals surface area contributed by atoms with E-state index in [4.69, 9.17) is 9.72 Å². The van der Waals surface area contributed by atoms with Crippen LogP contribution in [0.25, 0.3) is 88.5 Å². The van der Waals surface area contributed by atoms with Crippen molar-refractivity contribution in [3.05, 3.63) is 182 Å². The molecule has 0 saturated heterocycles.